The van der Waals surface area contributed by atoms with E-state index in [0.29, 0.717) is 0 Å². The average Bonchev–Trinajstić information content (AvgIpc) is 2.53. The van der Waals surface area contributed by atoms with Gasteiger partial charge in [0.15, 0.2) is 0 Å². The van der Waals surface area contributed by atoms with Gasteiger partial charge in [0.2, 0.25) is 0 Å². The largest absolute Gasteiger partial charge is 0.322 e. The van der Waals surface area contributed by atoms with Gasteiger partial charge in [-0.25, -0.2) is 0 Å². The minimum absolute atomic E-state index is 0.00884. The zero-order valence-electron chi connectivity index (χ0n) is 13.7. The molecule has 1 aromatic heterocycles. The molecule has 0 aliphatic carbocycles. The lowest BCUT2D eigenvalue weighted by molar-refractivity contribution is 0.721. The van der Waals surface area contributed by atoms with E-state index >= 15 is 0 Å². The van der Waals surface area contributed by atoms with Gasteiger partial charge in [-0.15, -0.1) is 11.8 Å². The molecule has 0 spiro atoms. The lowest BCUT2D eigenvalue weighted by Gasteiger charge is -2.12. The minimum Gasteiger partial charge on any atom is -0.322 e. The second-order valence-electron chi connectivity index (χ2n) is 5.63. The highest BCUT2D eigenvalue weighted by Crippen LogP contribution is 2.26. The number of H-pyrrole nitrogens is 1. The summed E-state index contributed by atoms with van der Waals surface area (Å²) in [5.41, 5.74) is 4.74. The lowest BCUT2D eigenvalue weighted by Crippen LogP contribution is -2.16. The van der Waals surface area contributed by atoms with Crippen LogP contribution in [0, 0.1) is 6.92 Å². The normalized spacial score (nSPS) is 12.2. The molecule has 0 saturated carbocycles. The van der Waals surface area contributed by atoms with Gasteiger partial charge in [0, 0.05) is 16.2 Å². The maximum Gasteiger partial charge on any atom is 0.251 e. The van der Waals surface area contributed by atoms with Crippen molar-refractivity contribution in [2.45, 2.75) is 38.0 Å². The summed E-state index contributed by atoms with van der Waals surface area (Å²) in [6, 6.07) is 10.2. The Morgan fingerprint density at radius 1 is 1.32 bits per heavy atom. The van der Waals surface area contributed by atoms with Crippen molar-refractivity contribution in [2.75, 3.05) is 6.26 Å². The van der Waals surface area contributed by atoms with E-state index in [1.54, 1.807) is 11.8 Å². The van der Waals surface area contributed by atoms with E-state index < -0.39 is 0 Å². The Bertz CT molecular complexity index is 745. The molecule has 0 radical (unpaired) electrons. The second-order valence-corrected chi connectivity index (χ2v) is 6.48. The number of rotatable bonds is 5. The maximum atomic E-state index is 12.2. The Kier molecular flexibility index (Phi) is 5.30. The van der Waals surface area contributed by atoms with E-state index in [1.165, 1.54) is 10.5 Å². The summed E-state index contributed by atoms with van der Waals surface area (Å²) in [6.45, 7) is 10.4. The fourth-order valence-corrected chi connectivity index (χ4v) is 3.08. The smallest absolute Gasteiger partial charge is 0.251 e. The fraction of sp³-hybridized carbons (Fsp3) is 0.316. The number of pyridine rings is 1. The Morgan fingerprint density at radius 2 is 2.05 bits per heavy atom. The van der Waals surface area contributed by atoms with Gasteiger partial charge in [-0.1, -0.05) is 38.6 Å². The minimum atomic E-state index is -0.00884. The summed E-state index contributed by atoms with van der Waals surface area (Å²) < 4.78 is 0. The van der Waals surface area contributed by atoms with E-state index in [1.807, 2.05) is 12.1 Å². The monoisotopic (exact) mass is 313 g/mol. The molecule has 22 heavy (non-hydrogen) atoms. The molecule has 0 aliphatic rings. The van der Waals surface area contributed by atoms with Crippen molar-refractivity contribution in [3.8, 4) is 0 Å². The molecule has 0 bridgehead atoms. The van der Waals surface area contributed by atoms with Crippen LogP contribution in [-0.4, -0.2) is 11.2 Å². The average molecular weight is 313 g/mol. The molecular formula is C19H23NOS. The molecule has 2 aromatic rings. The molecule has 1 heterocycles. The first-order valence-electron chi connectivity index (χ1n) is 7.55. The lowest BCUT2D eigenvalue weighted by atomic mass is 9.98. The SMILES string of the molecule is C=C(c1ccc(SC)c(C)c1)c1ccc(C(C)CC)c(=O)[nH]1. The van der Waals surface area contributed by atoms with Crippen molar-refractivity contribution < 1.29 is 0 Å². The van der Waals surface area contributed by atoms with Crippen LogP contribution in [0.3, 0.4) is 0 Å². The molecule has 2 nitrogen and oxygen atoms in total. The fourth-order valence-electron chi connectivity index (χ4n) is 2.49. The van der Waals surface area contributed by atoms with Crippen molar-refractivity contribution in [2.24, 2.45) is 0 Å². The van der Waals surface area contributed by atoms with Crippen LogP contribution in [0.4, 0.5) is 0 Å². The highest BCUT2D eigenvalue weighted by molar-refractivity contribution is 7.98. The first kappa shape index (κ1) is 16.6. The van der Waals surface area contributed by atoms with Crippen LogP contribution in [0.2, 0.25) is 0 Å². The molecule has 1 unspecified atom stereocenters. The predicted octanol–water partition coefficient (Wildman–Crippen LogP) is 4.98. The van der Waals surface area contributed by atoms with Crippen molar-refractivity contribution in [3.63, 3.8) is 0 Å². The van der Waals surface area contributed by atoms with Gasteiger partial charge < -0.3 is 4.98 Å². The number of aromatic nitrogens is 1. The molecule has 3 heteroatoms. The number of aryl methyl sites for hydroxylation is 1. The zero-order valence-corrected chi connectivity index (χ0v) is 14.5. The molecule has 1 aromatic carbocycles. The highest BCUT2D eigenvalue weighted by atomic mass is 32.2. The summed E-state index contributed by atoms with van der Waals surface area (Å²) in [5.74, 6) is 0.272. The summed E-state index contributed by atoms with van der Waals surface area (Å²) in [6.07, 6.45) is 3.03. The van der Waals surface area contributed by atoms with Crippen molar-refractivity contribution >= 4 is 17.3 Å². The topological polar surface area (TPSA) is 32.9 Å². The summed E-state index contributed by atoms with van der Waals surface area (Å²) in [4.78, 5) is 16.5. The van der Waals surface area contributed by atoms with Crippen LogP contribution in [0.5, 0.6) is 0 Å². The molecule has 1 atom stereocenters. The van der Waals surface area contributed by atoms with Gasteiger partial charge in [-0.3, -0.25) is 4.79 Å². The molecule has 2 rings (SSSR count). The number of hydrogen-bond donors (Lipinski definition) is 1. The Morgan fingerprint density at radius 3 is 2.59 bits per heavy atom. The van der Waals surface area contributed by atoms with Crippen LogP contribution in [0.1, 0.15) is 48.6 Å². The third-order valence-electron chi connectivity index (χ3n) is 4.15. The molecule has 0 amide bonds. The van der Waals surface area contributed by atoms with Gasteiger partial charge in [0.25, 0.3) is 5.56 Å². The van der Waals surface area contributed by atoms with Crippen LogP contribution in [-0.2, 0) is 0 Å². The first-order valence-corrected chi connectivity index (χ1v) is 8.77. The van der Waals surface area contributed by atoms with Crippen LogP contribution >= 0.6 is 11.8 Å². The van der Waals surface area contributed by atoms with Crippen molar-refractivity contribution in [1.82, 2.24) is 4.98 Å². The Labute approximate surface area is 136 Å². The number of benzene rings is 1. The zero-order chi connectivity index (χ0) is 16.3. The molecular weight excluding hydrogens is 290 g/mol. The number of hydrogen-bond acceptors (Lipinski definition) is 2. The third-order valence-corrected chi connectivity index (χ3v) is 5.05. The van der Waals surface area contributed by atoms with Crippen LogP contribution < -0.4 is 5.56 Å². The quantitative estimate of drug-likeness (QED) is 0.790. The Hall–Kier alpha value is -1.74. The number of thioether (sulfide) groups is 1. The van der Waals surface area contributed by atoms with E-state index in [9.17, 15) is 4.79 Å². The number of aromatic amines is 1. The van der Waals surface area contributed by atoms with Crippen molar-refractivity contribution in [3.05, 3.63) is 69.6 Å². The summed E-state index contributed by atoms with van der Waals surface area (Å²) in [7, 11) is 0. The van der Waals surface area contributed by atoms with Gasteiger partial charge in [-0.2, -0.15) is 0 Å². The number of nitrogens with one attached hydrogen (secondary N) is 1. The second kappa shape index (κ2) is 7.01. The van der Waals surface area contributed by atoms with Gasteiger partial charge in [0.1, 0.15) is 0 Å². The highest BCUT2D eigenvalue weighted by Gasteiger charge is 2.11. The van der Waals surface area contributed by atoms with Gasteiger partial charge in [0.05, 0.1) is 0 Å². The molecule has 0 fully saturated rings. The van der Waals surface area contributed by atoms with Crippen LogP contribution in [0.15, 0.2) is 46.6 Å². The van der Waals surface area contributed by atoms with E-state index in [-0.39, 0.29) is 11.5 Å². The molecule has 116 valence electrons. The van der Waals surface area contributed by atoms with Crippen molar-refractivity contribution in [1.29, 1.82) is 0 Å². The summed E-state index contributed by atoms with van der Waals surface area (Å²) >= 11 is 1.73. The Balaban J connectivity index is 2.36. The maximum absolute atomic E-state index is 12.2. The summed E-state index contributed by atoms with van der Waals surface area (Å²) in [5, 5.41) is 0. The van der Waals surface area contributed by atoms with E-state index in [2.05, 4.69) is 56.8 Å². The third kappa shape index (κ3) is 3.36. The molecule has 0 saturated heterocycles. The van der Waals surface area contributed by atoms with Gasteiger partial charge >= 0.3 is 0 Å². The first-order chi connectivity index (χ1) is 10.5. The van der Waals surface area contributed by atoms with E-state index in [4.69, 9.17) is 0 Å². The van der Waals surface area contributed by atoms with E-state index in [0.717, 1.165) is 28.8 Å². The standard InChI is InChI=1S/C19H23NOS/c1-6-12(2)16-8-9-17(20-19(16)21)14(4)15-7-10-18(22-5)13(3)11-15/h7-12H,4,6H2,1-3,5H3,(H,20,21). The molecule has 1 N–H and O–H groups in total. The van der Waals surface area contributed by atoms with Gasteiger partial charge in [-0.05, 0) is 54.4 Å². The molecule has 0 aliphatic heterocycles. The van der Waals surface area contributed by atoms with Crippen LogP contribution in [0.25, 0.3) is 5.57 Å². The predicted molar refractivity (Wildman–Crippen MR) is 96.9 cm³/mol.